The summed E-state index contributed by atoms with van der Waals surface area (Å²) in [6.45, 7) is 1.82. The SMILES string of the molecule is CC12C[C@H](O)C(O1)c1c2c(O)n(-c2ccc(Cl)c(I)c2)c1O. The van der Waals surface area contributed by atoms with Crippen molar-refractivity contribution in [3.05, 3.63) is 37.9 Å². The maximum absolute atomic E-state index is 10.6. The second kappa shape index (κ2) is 4.53. The van der Waals surface area contributed by atoms with Crippen LogP contribution >= 0.6 is 34.2 Å². The van der Waals surface area contributed by atoms with Crippen LogP contribution in [0.5, 0.6) is 11.8 Å². The summed E-state index contributed by atoms with van der Waals surface area (Å²) in [5.41, 5.74) is 0.871. The summed E-state index contributed by atoms with van der Waals surface area (Å²) >= 11 is 8.12. The first-order valence-corrected chi connectivity index (χ1v) is 8.27. The zero-order chi connectivity index (χ0) is 15.8. The van der Waals surface area contributed by atoms with Gasteiger partial charge in [0.15, 0.2) is 0 Å². The second-order valence-electron chi connectivity index (χ2n) is 5.91. The summed E-state index contributed by atoms with van der Waals surface area (Å²) < 4.78 is 7.96. The van der Waals surface area contributed by atoms with Gasteiger partial charge in [0.1, 0.15) is 6.10 Å². The highest BCUT2D eigenvalue weighted by Gasteiger charge is 2.57. The number of fused-ring (bicyclic) bond motifs is 5. The first kappa shape index (κ1) is 14.6. The standard InChI is InChI=1S/C15H13ClINO4/c1-15-5-9(19)12(22-15)10-11(15)14(21)18(13(10)20)6-2-3-7(16)8(17)4-6/h2-4,9,12,19-21H,5H2,1H3/t9-,12?,15?/m0/s1. The smallest absolute Gasteiger partial charge is 0.205 e. The molecule has 1 fully saturated rings. The number of hydrogen-bond acceptors (Lipinski definition) is 4. The molecule has 1 aromatic carbocycles. The third-order valence-electron chi connectivity index (χ3n) is 4.47. The molecule has 116 valence electrons. The van der Waals surface area contributed by atoms with E-state index in [-0.39, 0.29) is 11.8 Å². The van der Waals surface area contributed by atoms with Crippen LogP contribution in [0.1, 0.15) is 30.6 Å². The Kier molecular flexibility index (Phi) is 3.01. The van der Waals surface area contributed by atoms with Gasteiger partial charge in [0, 0.05) is 9.99 Å². The maximum Gasteiger partial charge on any atom is 0.205 e. The van der Waals surface area contributed by atoms with Gasteiger partial charge in [-0.3, -0.25) is 4.57 Å². The Morgan fingerprint density at radius 1 is 1.36 bits per heavy atom. The predicted molar refractivity (Wildman–Crippen MR) is 88.6 cm³/mol. The van der Waals surface area contributed by atoms with Gasteiger partial charge in [-0.05, 0) is 47.7 Å². The summed E-state index contributed by atoms with van der Waals surface area (Å²) in [5.74, 6) is -0.152. The fourth-order valence-electron chi connectivity index (χ4n) is 3.55. The number of aromatic nitrogens is 1. The zero-order valence-electron chi connectivity index (χ0n) is 11.5. The van der Waals surface area contributed by atoms with Crippen LogP contribution in [0, 0.1) is 3.57 Å². The highest BCUT2D eigenvalue weighted by atomic mass is 127. The van der Waals surface area contributed by atoms with Crippen LogP contribution < -0.4 is 0 Å². The van der Waals surface area contributed by atoms with Crippen molar-refractivity contribution >= 4 is 34.2 Å². The van der Waals surface area contributed by atoms with E-state index < -0.39 is 17.8 Å². The summed E-state index contributed by atoms with van der Waals surface area (Å²) in [4.78, 5) is 0. The minimum atomic E-state index is -0.772. The second-order valence-corrected chi connectivity index (χ2v) is 7.48. The Morgan fingerprint density at radius 3 is 2.77 bits per heavy atom. The molecule has 0 radical (unpaired) electrons. The Morgan fingerprint density at radius 2 is 2.09 bits per heavy atom. The van der Waals surface area contributed by atoms with Crippen LogP contribution in [0.15, 0.2) is 18.2 Å². The van der Waals surface area contributed by atoms with Gasteiger partial charge in [-0.15, -0.1) is 0 Å². The largest absolute Gasteiger partial charge is 0.494 e. The van der Waals surface area contributed by atoms with Crippen molar-refractivity contribution in [2.75, 3.05) is 0 Å². The van der Waals surface area contributed by atoms with Crippen molar-refractivity contribution in [1.82, 2.24) is 4.57 Å². The number of nitrogens with zero attached hydrogens (tertiary/aromatic N) is 1. The first-order chi connectivity index (χ1) is 10.3. The van der Waals surface area contributed by atoms with E-state index in [0.29, 0.717) is 28.3 Å². The van der Waals surface area contributed by atoms with Crippen molar-refractivity contribution in [2.24, 2.45) is 0 Å². The van der Waals surface area contributed by atoms with Gasteiger partial charge in [-0.2, -0.15) is 0 Å². The molecule has 2 unspecified atom stereocenters. The number of ether oxygens (including phenoxy) is 1. The van der Waals surface area contributed by atoms with Crippen molar-refractivity contribution in [2.45, 2.75) is 31.2 Å². The summed E-state index contributed by atoms with van der Waals surface area (Å²) in [6.07, 6.45) is -0.873. The number of benzene rings is 1. The van der Waals surface area contributed by atoms with Gasteiger partial charge in [-0.1, -0.05) is 11.6 Å². The predicted octanol–water partition coefficient (Wildman–Crippen LogP) is 3.20. The van der Waals surface area contributed by atoms with E-state index in [9.17, 15) is 15.3 Å². The van der Waals surface area contributed by atoms with Crippen LogP contribution in [0.25, 0.3) is 5.69 Å². The zero-order valence-corrected chi connectivity index (χ0v) is 14.5. The molecule has 0 saturated carbocycles. The van der Waals surface area contributed by atoms with E-state index in [4.69, 9.17) is 16.3 Å². The number of halogens is 2. The molecule has 3 atom stereocenters. The van der Waals surface area contributed by atoms with Crippen LogP contribution in [-0.4, -0.2) is 26.0 Å². The van der Waals surface area contributed by atoms with E-state index in [1.54, 1.807) is 18.2 Å². The number of aliphatic hydroxyl groups is 1. The molecule has 0 aliphatic carbocycles. The lowest BCUT2D eigenvalue weighted by atomic mass is 9.84. The molecule has 2 aromatic rings. The van der Waals surface area contributed by atoms with Crippen LogP contribution in [0.2, 0.25) is 5.02 Å². The number of rotatable bonds is 1. The number of aromatic hydroxyl groups is 2. The van der Waals surface area contributed by atoms with Gasteiger partial charge in [0.05, 0.1) is 33.5 Å². The fourth-order valence-corrected chi connectivity index (χ4v) is 4.17. The lowest BCUT2D eigenvalue weighted by molar-refractivity contribution is -0.0236. The van der Waals surface area contributed by atoms with E-state index in [0.717, 1.165) is 3.57 Å². The molecule has 2 aliphatic heterocycles. The van der Waals surface area contributed by atoms with E-state index in [1.165, 1.54) is 4.57 Å². The van der Waals surface area contributed by atoms with E-state index >= 15 is 0 Å². The third-order valence-corrected chi connectivity index (χ3v) is 6.01. The van der Waals surface area contributed by atoms with Crippen LogP contribution in [0.4, 0.5) is 0 Å². The van der Waals surface area contributed by atoms with Crippen LogP contribution in [0.3, 0.4) is 0 Å². The molecule has 7 heteroatoms. The van der Waals surface area contributed by atoms with Crippen molar-refractivity contribution in [3.63, 3.8) is 0 Å². The minimum absolute atomic E-state index is 0.0532. The van der Waals surface area contributed by atoms with Crippen molar-refractivity contribution < 1.29 is 20.1 Å². The van der Waals surface area contributed by atoms with E-state index in [1.807, 2.05) is 6.92 Å². The molecule has 4 rings (SSSR count). The Hall–Kier alpha value is -0.960. The summed E-state index contributed by atoms with van der Waals surface area (Å²) in [7, 11) is 0. The Balaban J connectivity index is 1.96. The van der Waals surface area contributed by atoms with Gasteiger partial charge < -0.3 is 20.1 Å². The summed E-state index contributed by atoms with van der Waals surface area (Å²) in [5, 5.41) is 31.9. The summed E-state index contributed by atoms with van der Waals surface area (Å²) in [6, 6.07) is 5.21. The van der Waals surface area contributed by atoms with Gasteiger partial charge in [-0.25, -0.2) is 0 Å². The highest BCUT2D eigenvalue weighted by Crippen LogP contribution is 2.61. The van der Waals surface area contributed by atoms with Crippen LogP contribution in [-0.2, 0) is 10.3 Å². The van der Waals surface area contributed by atoms with Crippen molar-refractivity contribution in [1.29, 1.82) is 0 Å². The molecule has 2 bridgehead atoms. The monoisotopic (exact) mass is 433 g/mol. The lowest BCUT2D eigenvalue weighted by Gasteiger charge is -2.20. The van der Waals surface area contributed by atoms with E-state index in [2.05, 4.69) is 22.6 Å². The van der Waals surface area contributed by atoms with Crippen molar-refractivity contribution in [3.8, 4) is 17.4 Å². The molecule has 0 spiro atoms. The molecule has 5 nitrogen and oxygen atoms in total. The molecular weight excluding hydrogens is 421 g/mol. The average molecular weight is 434 g/mol. The minimum Gasteiger partial charge on any atom is -0.494 e. The molecule has 1 aromatic heterocycles. The number of hydrogen-bond donors (Lipinski definition) is 3. The molecule has 2 aliphatic rings. The molecular formula is C15H13ClINO4. The lowest BCUT2D eigenvalue weighted by Crippen LogP contribution is -2.22. The normalized spacial score (nSPS) is 29.1. The Bertz CT molecular complexity index is 805. The third kappa shape index (κ3) is 1.72. The molecule has 3 N–H and O–H groups in total. The Labute approximate surface area is 145 Å². The first-order valence-electron chi connectivity index (χ1n) is 6.82. The molecule has 22 heavy (non-hydrogen) atoms. The average Bonchev–Trinajstić information content (AvgIpc) is 3.00. The molecule has 0 amide bonds. The fraction of sp³-hybridized carbons (Fsp3) is 0.333. The maximum atomic E-state index is 10.6. The number of aliphatic hydroxyl groups excluding tert-OH is 1. The highest BCUT2D eigenvalue weighted by molar-refractivity contribution is 14.1. The van der Waals surface area contributed by atoms with Gasteiger partial charge in [0.25, 0.3) is 0 Å². The molecule has 3 heterocycles. The van der Waals surface area contributed by atoms with Gasteiger partial charge in [0.2, 0.25) is 11.8 Å². The topological polar surface area (TPSA) is 74.8 Å². The van der Waals surface area contributed by atoms with Gasteiger partial charge >= 0.3 is 0 Å². The molecule has 1 saturated heterocycles. The quantitative estimate of drug-likeness (QED) is 0.604.